The zero-order valence-corrected chi connectivity index (χ0v) is 13.3. The predicted molar refractivity (Wildman–Crippen MR) is 85.7 cm³/mol. The van der Waals surface area contributed by atoms with Gasteiger partial charge in [-0.05, 0) is 19.4 Å². The minimum Gasteiger partial charge on any atom is -0.361 e. The molecule has 1 aliphatic heterocycles. The summed E-state index contributed by atoms with van der Waals surface area (Å²) in [5, 5.41) is 4.02. The summed E-state index contributed by atoms with van der Waals surface area (Å²) in [5.41, 5.74) is 9.85. The van der Waals surface area contributed by atoms with Gasteiger partial charge in [0, 0.05) is 37.2 Å². The van der Waals surface area contributed by atoms with Crippen molar-refractivity contribution in [2.24, 2.45) is 5.73 Å². The van der Waals surface area contributed by atoms with Crippen LogP contribution in [0.25, 0.3) is 0 Å². The van der Waals surface area contributed by atoms with Crippen molar-refractivity contribution < 1.29 is 4.52 Å². The second kappa shape index (κ2) is 6.60. The summed E-state index contributed by atoms with van der Waals surface area (Å²) in [6.07, 6.45) is 0. The van der Waals surface area contributed by atoms with E-state index in [9.17, 15) is 0 Å². The molecule has 0 bridgehead atoms. The first-order valence-electron chi connectivity index (χ1n) is 7.10. The Morgan fingerprint density at radius 2 is 1.95 bits per heavy atom. The molecule has 1 saturated heterocycles. The standard InChI is InChI=1S/C16H21N3O.ClH/c1-11-14(12(2)20-18-11)8-19-9-15(16(17)10-19)13-6-4-3-5-7-13;/h3-7,15-16H,8-10,17H2,1-2H3;1H/t15-,16+;/m0./s1. The minimum atomic E-state index is 0. The van der Waals surface area contributed by atoms with Crippen molar-refractivity contribution in [1.29, 1.82) is 0 Å². The Labute approximate surface area is 131 Å². The van der Waals surface area contributed by atoms with E-state index in [1.165, 1.54) is 11.1 Å². The number of aromatic nitrogens is 1. The summed E-state index contributed by atoms with van der Waals surface area (Å²) in [4.78, 5) is 2.40. The van der Waals surface area contributed by atoms with Gasteiger partial charge in [0.1, 0.15) is 5.76 Å². The lowest BCUT2D eigenvalue weighted by atomic mass is 9.95. The van der Waals surface area contributed by atoms with E-state index < -0.39 is 0 Å². The molecule has 5 heteroatoms. The van der Waals surface area contributed by atoms with Crippen molar-refractivity contribution in [1.82, 2.24) is 10.1 Å². The number of nitrogens with zero attached hydrogens (tertiary/aromatic N) is 2. The van der Waals surface area contributed by atoms with Gasteiger partial charge >= 0.3 is 0 Å². The summed E-state index contributed by atoms with van der Waals surface area (Å²) in [6, 6.07) is 10.7. The summed E-state index contributed by atoms with van der Waals surface area (Å²) in [7, 11) is 0. The molecule has 2 atom stereocenters. The normalized spacial score (nSPS) is 22.2. The zero-order chi connectivity index (χ0) is 14.1. The molecule has 0 amide bonds. The van der Waals surface area contributed by atoms with E-state index in [4.69, 9.17) is 10.3 Å². The van der Waals surface area contributed by atoms with E-state index in [1.54, 1.807) is 0 Å². The second-order valence-electron chi connectivity index (χ2n) is 5.68. The highest BCUT2D eigenvalue weighted by Gasteiger charge is 2.31. The molecule has 3 rings (SSSR count). The molecule has 1 aliphatic rings. The fourth-order valence-corrected chi connectivity index (χ4v) is 3.05. The van der Waals surface area contributed by atoms with Crippen LogP contribution in [-0.4, -0.2) is 29.2 Å². The van der Waals surface area contributed by atoms with Crippen molar-refractivity contribution in [3.05, 3.63) is 52.9 Å². The van der Waals surface area contributed by atoms with Gasteiger partial charge in [0.15, 0.2) is 0 Å². The van der Waals surface area contributed by atoms with Crippen LogP contribution < -0.4 is 5.73 Å². The fraction of sp³-hybridized carbons (Fsp3) is 0.438. The van der Waals surface area contributed by atoms with Gasteiger partial charge in [-0.3, -0.25) is 4.90 Å². The first-order chi connectivity index (χ1) is 9.65. The molecule has 2 aromatic rings. The van der Waals surface area contributed by atoms with Crippen LogP contribution in [0, 0.1) is 13.8 Å². The lowest BCUT2D eigenvalue weighted by Crippen LogP contribution is -2.28. The van der Waals surface area contributed by atoms with Crippen molar-refractivity contribution in [2.45, 2.75) is 32.4 Å². The Morgan fingerprint density at radius 3 is 2.57 bits per heavy atom. The number of hydrogen-bond acceptors (Lipinski definition) is 4. The van der Waals surface area contributed by atoms with Crippen LogP contribution in [0.2, 0.25) is 0 Å². The quantitative estimate of drug-likeness (QED) is 0.947. The molecule has 0 saturated carbocycles. The van der Waals surface area contributed by atoms with Crippen LogP contribution >= 0.6 is 12.4 Å². The third-order valence-electron chi connectivity index (χ3n) is 4.23. The highest BCUT2D eigenvalue weighted by Crippen LogP contribution is 2.28. The fourth-order valence-electron chi connectivity index (χ4n) is 3.05. The lowest BCUT2D eigenvalue weighted by molar-refractivity contribution is 0.319. The molecule has 2 N–H and O–H groups in total. The van der Waals surface area contributed by atoms with E-state index in [2.05, 4.69) is 34.3 Å². The highest BCUT2D eigenvalue weighted by molar-refractivity contribution is 5.85. The Kier molecular flexibility index (Phi) is 5.04. The number of halogens is 1. The average molecular weight is 308 g/mol. The monoisotopic (exact) mass is 307 g/mol. The van der Waals surface area contributed by atoms with Crippen LogP contribution in [0.15, 0.2) is 34.9 Å². The van der Waals surface area contributed by atoms with Gasteiger partial charge in [0.2, 0.25) is 0 Å². The minimum absolute atomic E-state index is 0. The van der Waals surface area contributed by atoms with E-state index >= 15 is 0 Å². The molecular weight excluding hydrogens is 286 g/mol. The lowest BCUT2D eigenvalue weighted by Gasteiger charge is -2.15. The average Bonchev–Trinajstić information content (AvgIpc) is 2.97. The molecule has 0 spiro atoms. The molecule has 1 aromatic heterocycles. The van der Waals surface area contributed by atoms with E-state index in [0.29, 0.717) is 5.92 Å². The molecule has 4 nitrogen and oxygen atoms in total. The van der Waals surface area contributed by atoms with Gasteiger partial charge in [0.25, 0.3) is 0 Å². The number of aryl methyl sites for hydroxylation is 2. The molecule has 0 radical (unpaired) electrons. The number of benzene rings is 1. The highest BCUT2D eigenvalue weighted by atomic mass is 35.5. The Hall–Kier alpha value is -1.36. The van der Waals surface area contributed by atoms with Gasteiger partial charge in [-0.2, -0.15) is 0 Å². The molecule has 0 unspecified atom stereocenters. The van der Waals surface area contributed by atoms with Gasteiger partial charge in [-0.15, -0.1) is 12.4 Å². The van der Waals surface area contributed by atoms with Crippen molar-refractivity contribution in [2.75, 3.05) is 13.1 Å². The van der Waals surface area contributed by atoms with Crippen LogP contribution in [0.4, 0.5) is 0 Å². The van der Waals surface area contributed by atoms with E-state index in [1.807, 2.05) is 19.9 Å². The Bertz CT molecular complexity index is 565. The molecular formula is C16H22ClN3O. The maximum absolute atomic E-state index is 6.33. The largest absolute Gasteiger partial charge is 0.361 e. The predicted octanol–water partition coefficient (Wildman–Crippen LogP) is 2.64. The molecule has 114 valence electrons. The Balaban J connectivity index is 0.00000161. The third-order valence-corrected chi connectivity index (χ3v) is 4.23. The van der Waals surface area contributed by atoms with Crippen LogP contribution in [0.3, 0.4) is 0 Å². The summed E-state index contributed by atoms with van der Waals surface area (Å²) in [6.45, 7) is 6.76. The first-order valence-corrected chi connectivity index (χ1v) is 7.10. The summed E-state index contributed by atoms with van der Waals surface area (Å²) in [5.74, 6) is 1.33. The smallest absolute Gasteiger partial charge is 0.138 e. The molecule has 21 heavy (non-hydrogen) atoms. The van der Waals surface area contributed by atoms with Crippen LogP contribution in [0.5, 0.6) is 0 Å². The molecule has 2 heterocycles. The number of nitrogens with two attached hydrogens (primary N) is 1. The molecule has 1 fully saturated rings. The Morgan fingerprint density at radius 1 is 1.24 bits per heavy atom. The topological polar surface area (TPSA) is 55.3 Å². The molecule has 0 aliphatic carbocycles. The maximum atomic E-state index is 6.33. The van der Waals surface area contributed by atoms with Gasteiger partial charge in [-0.1, -0.05) is 35.5 Å². The van der Waals surface area contributed by atoms with Gasteiger partial charge < -0.3 is 10.3 Å². The van der Waals surface area contributed by atoms with Gasteiger partial charge in [0.05, 0.1) is 5.69 Å². The van der Waals surface area contributed by atoms with Crippen molar-refractivity contribution >= 4 is 12.4 Å². The molecule has 1 aromatic carbocycles. The summed E-state index contributed by atoms with van der Waals surface area (Å²) < 4.78 is 5.24. The number of likely N-dealkylation sites (tertiary alicyclic amines) is 1. The third kappa shape index (κ3) is 3.28. The summed E-state index contributed by atoms with van der Waals surface area (Å²) >= 11 is 0. The van der Waals surface area contributed by atoms with Crippen LogP contribution in [0.1, 0.15) is 28.5 Å². The van der Waals surface area contributed by atoms with Crippen molar-refractivity contribution in [3.8, 4) is 0 Å². The van der Waals surface area contributed by atoms with E-state index in [0.717, 1.165) is 31.1 Å². The van der Waals surface area contributed by atoms with Crippen molar-refractivity contribution in [3.63, 3.8) is 0 Å². The SMILES string of the molecule is Cc1noc(C)c1CN1C[C@@H](N)[C@H](c2ccccc2)C1.Cl. The number of hydrogen-bond donors (Lipinski definition) is 1. The maximum Gasteiger partial charge on any atom is 0.138 e. The van der Waals surface area contributed by atoms with Crippen LogP contribution in [-0.2, 0) is 6.54 Å². The van der Waals surface area contributed by atoms with Gasteiger partial charge in [-0.25, -0.2) is 0 Å². The van der Waals surface area contributed by atoms with E-state index in [-0.39, 0.29) is 18.4 Å². The number of rotatable bonds is 3. The second-order valence-corrected chi connectivity index (χ2v) is 5.68. The first kappa shape index (κ1) is 16.0. The zero-order valence-electron chi connectivity index (χ0n) is 12.5.